The molecule has 0 radical (unpaired) electrons. The van der Waals surface area contributed by atoms with Gasteiger partial charge >= 0.3 is 5.97 Å². The summed E-state index contributed by atoms with van der Waals surface area (Å²) in [6.45, 7) is 10.9. The lowest BCUT2D eigenvalue weighted by atomic mass is 10.00. The van der Waals surface area contributed by atoms with Crippen molar-refractivity contribution in [1.29, 1.82) is 0 Å². The monoisotopic (exact) mass is 215 g/mol. The van der Waals surface area contributed by atoms with Crippen molar-refractivity contribution < 1.29 is 9.53 Å². The van der Waals surface area contributed by atoms with Crippen molar-refractivity contribution in [3.63, 3.8) is 0 Å². The number of esters is 1. The van der Waals surface area contributed by atoms with E-state index in [4.69, 9.17) is 4.74 Å². The molecule has 0 aromatic rings. The van der Waals surface area contributed by atoms with Gasteiger partial charge in [0.05, 0.1) is 13.0 Å². The summed E-state index contributed by atoms with van der Waals surface area (Å²) in [6, 6.07) is 0.632. The summed E-state index contributed by atoms with van der Waals surface area (Å²) >= 11 is 0. The molecule has 0 heterocycles. The van der Waals surface area contributed by atoms with Crippen LogP contribution >= 0.6 is 0 Å². The maximum atomic E-state index is 11.2. The highest BCUT2D eigenvalue weighted by atomic mass is 16.5. The van der Waals surface area contributed by atoms with Gasteiger partial charge in [-0.15, -0.1) is 0 Å². The highest BCUT2D eigenvalue weighted by Crippen LogP contribution is 2.08. The van der Waals surface area contributed by atoms with E-state index >= 15 is 0 Å². The third-order valence-electron chi connectivity index (χ3n) is 2.82. The van der Waals surface area contributed by atoms with Gasteiger partial charge in [-0.3, -0.25) is 4.79 Å². The highest BCUT2D eigenvalue weighted by molar-refractivity contribution is 5.70. The van der Waals surface area contributed by atoms with Gasteiger partial charge in [0.2, 0.25) is 0 Å². The molecule has 0 amide bonds. The number of hydrogen-bond acceptors (Lipinski definition) is 3. The van der Waals surface area contributed by atoms with Crippen molar-refractivity contribution in [2.75, 3.05) is 6.61 Å². The van der Waals surface area contributed by atoms with Crippen LogP contribution in [0.4, 0.5) is 0 Å². The summed E-state index contributed by atoms with van der Waals surface area (Å²) in [5.41, 5.74) is 0. The van der Waals surface area contributed by atoms with Crippen molar-refractivity contribution in [1.82, 2.24) is 5.32 Å². The fourth-order valence-corrected chi connectivity index (χ4v) is 1.50. The van der Waals surface area contributed by atoms with E-state index in [-0.39, 0.29) is 12.0 Å². The fourth-order valence-electron chi connectivity index (χ4n) is 1.50. The molecule has 3 nitrogen and oxygen atoms in total. The van der Waals surface area contributed by atoms with Crippen LogP contribution in [0.15, 0.2) is 0 Å². The first-order chi connectivity index (χ1) is 7.01. The molecule has 3 unspecified atom stereocenters. The van der Waals surface area contributed by atoms with Crippen molar-refractivity contribution in [3.05, 3.63) is 0 Å². The summed E-state index contributed by atoms with van der Waals surface area (Å²) in [4.78, 5) is 11.2. The Labute approximate surface area is 93.6 Å². The van der Waals surface area contributed by atoms with E-state index < -0.39 is 0 Å². The number of hydrogen-bond donors (Lipinski definition) is 1. The SMILES string of the molecule is CCOC(=O)CC(C)NC(C)C(C)CC. The Morgan fingerprint density at radius 2 is 1.87 bits per heavy atom. The van der Waals surface area contributed by atoms with Gasteiger partial charge in [-0.05, 0) is 26.7 Å². The second-order valence-corrected chi connectivity index (χ2v) is 4.25. The zero-order chi connectivity index (χ0) is 11.8. The molecule has 0 fully saturated rings. The molecular formula is C12H25NO2. The van der Waals surface area contributed by atoms with Crippen molar-refractivity contribution in [3.8, 4) is 0 Å². The lowest BCUT2D eigenvalue weighted by Crippen LogP contribution is -2.39. The van der Waals surface area contributed by atoms with E-state index in [1.165, 1.54) is 0 Å². The number of carbonyl (C=O) groups excluding carboxylic acids is 1. The van der Waals surface area contributed by atoms with Crippen molar-refractivity contribution in [2.24, 2.45) is 5.92 Å². The molecule has 1 N–H and O–H groups in total. The van der Waals surface area contributed by atoms with Gasteiger partial charge in [-0.25, -0.2) is 0 Å². The lowest BCUT2D eigenvalue weighted by Gasteiger charge is -2.24. The molecule has 0 saturated carbocycles. The van der Waals surface area contributed by atoms with Crippen LogP contribution in [0.3, 0.4) is 0 Å². The summed E-state index contributed by atoms with van der Waals surface area (Å²) in [6.07, 6.45) is 1.61. The molecule has 0 aromatic heterocycles. The summed E-state index contributed by atoms with van der Waals surface area (Å²) in [7, 11) is 0. The molecule has 0 aliphatic heterocycles. The second-order valence-electron chi connectivity index (χ2n) is 4.25. The third kappa shape index (κ3) is 6.50. The first-order valence-corrected chi connectivity index (χ1v) is 5.92. The summed E-state index contributed by atoms with van der Waals surface area (Å²) < 4.78 is 4.90. The van der Waals surface area contributed by atoms with Crippen molar-refractivity contribution >= 4 is 5.97 Å². The van der Waals surface area contributed by atoms with Crippen LogP contribution in [0.5, 0.6) is 0 Å². The molecule has 3 heteroatoms. The van der Waals surface area contributed by atoms with Gasteiger partial charge in [0, 0.05) is 12.1 Å². The maximum absolute atomic E-state index is 11.2. The van der Waals surface area contributed by atoms with Crippen molar-refractivity contribution in [2.45, 2.75) is 59.5 Å². The number of nitrogens with one attached hydrogen (secondary N) is 1. The largest absolute Gasteiger partial charge is 0.466 e. The van der Waals surface area contributed by atoms with Gasteiger partial charge in [-0.2, -0.15) is 0 Å². The number of ether oxygens (including phenoxy) is 1. The molecule has 90 valence electrons. The van der Waals surface area contributed by atoms with E-state index in [0.29, 0.717) is 25.0 Å². The van der Waals surface area contributed by atoms with Crippen LogP contribution < -0.4 is 5.32 Å². The van der Waals surface area contributed by atoms with Gasteiger partial charge in [-0.1, -0.05) is 20.3 Å². The van der Waals surface area contributed by atoms with Gasteiger partial charge in [0.25, 0.3) is 0 Å². The first-order valence-electron chi connectivity index (χ1n) is 5.92. The quantitative estimate of drug-likeness (QED) is 0.662. The molecule has 15 heavy (non-hydrogen) atoms. The molecular weight excluding hydrogens is 190 g/mol. The average molecular weight is 215 g/mol. The smallest absolute Gasteiger partial charge is 0.307 e. The van der Waals surface area contributed by atoms with E-state index in [9.17, 15) is 4.79 Å². The second kappa shape index (κ2) is 7.69. The Hall–Kier alpha value is -0.570. The number of carbonyl (C=O) groups is 1. The highest BCUT2D eigenvalue weighted by Gasteiger charge is 2.15. The van der Waals surface area contributed by atoms with Gasteiger partial charge in [0.15, 0.2) is 0 Å². The Morgan fingerprint density at radius 3 is 2.33 bits per heavy atom. The zero-order valence-electron chi connectivity index (χ0n) is 10.7. The van der Waals surface area contributed by atoms with E-state index in [0.717, 1.165) is 6.42 Å². The zero-order valence-corrected chi connectivity index (χ0v) is 10.7. The molecule has 0 bridgehead atoms. The topological polar surface area (TPSA) is 38.3 Å². The molecule has 0 aliphatic rings. The van der Waals surface area contributed by atoms with Gasteiger partial charge < -0.3 is 10.1 Å². The maximum Gasteiger partial charge on any atom is 0.307 e. The minimum atomic E-state index is -0.117. The molecule has 0 rings (SSSR count). The predicted molar refractivity (Wildman–Crippen MR) is 62.8 cm³/mol. The average Bonchev–Trinajstić information content (AvgIpc) is 2.16. The first kappa shape index (κ1) is 14.4. The standard InChI is InChI=1S/C12H25NO2/c1-6-9(3)11(5)13-10(4)8-12(14)15-7-2/h9-11,13H,6-8H2,1-5H3. The summed E-state index contributed by atoms with van der Waals surface area (Å²) in [5, 5.41) is 3.42. The van der Waals surface area contributed by atoms with Crippen LogP contribution in [0.1, 0.15) is 47.5 Å². The molecule has 3 atom stereocenters. The van der Waals surface area contributed by atoms with Crippen LogP contribution in [-0.4, -0.2) is 24.7 Å². The molecule has 0 aliphatic carbocycles. The Balaban J connectivity index is 3.82. The molecule has 0 spiro atoms. The number of rotatable bonds is 7. The third-order valence-corrected chi connectivity index (χ3v) is 2.82. The van der Waals surface area contributed by atoms with E-state index in [1.807, 2.05) is 13.8 Å². The van der Waals surface area contributed by atoms with Crippen LogP contribution in [-0.2, 0) is 9.53 Å². The minimum Gasteiger partial charge on any atom is -0.466 e. The lowest BCUT2D eigenvalue weighted by molar-refractivity contribution is -0.143. The van der Waals surface area contributed by atoms with E-state index in [2.05, 4.69) is 26.1 Å². The molecule has 0 aromatic carbocycles. The van der Waals surface area contributed by atoms with Crippen LogP contribution in [0.2, 0.25) is 0 Å². The summed E-state index contributed by atoms with van der Waals surface area (Å²) in [5.74, 6) is 0.517. The minimum absolute atomic E-state index is 0.117. The van der Waals surface area contributed by atoms with Crippen LogP contribution in [0, 0.1) is 5.92 Å². The Kier molecular flexibility index (Phi) is 7.39. The predicted octanol–water partition coefficient (Wildman–Crippen LogP) is 2.35. The molecule has 0 saturated heterocycles. The van der Waals surface area contributed by atoms with Crippen LogP contribution in [0.25, 0.3) is 0 Å². The van der Waals surface area contributed by atoms with Gasteiger partial charge in [0.1, 0.15) is 0 Å². The Bertz CT molecular complexity index is 182. The fraction of sp³-hybridized carbons (Fsp3) is 0.917. The Morgan fingerprint density at radius 1 is 1.27 bits per heavy atom. The van der Waals surface area contributed by atoms with E-state index in [1.54, 1.807) is 0 Å². The normalized spacial score (nSPS) is 16.9.